The molecule has 4 fully saturated rings. The lowest BCUT2D eigenvalue weighted by Crippen LogP contribution is -2.47. The number of ether oxygens (including phenoxy) is 3. The number of benzene rings is 1. The number of hydrogen-bond acceptors (Lipinski definition) is 6. The molecule has 1 saturated carbocycles. The van der Waals surface area contributed by atoms with E-state index in [1.54, 1.807) is 5.56 Å². The van der Waals surface area contributed by atoms with Gasteiger partial charge in [0, 0.05) is 63.9 Å². The van der Waals surface area contributed by atoms with Gasteiger partial charge < -0.3 is 24.0 Å². The van der Waals surface area contributed by atoms with Gasteiger partial charge in [-0.3, -0.25) is 4.90 Å². The summed E-state index contributed by atoms with van der Waals surface area (Å²) in [6.07, 6.45) is 9.67. The largest absolute Gasteiger partial charge is 0.495 e. The van der Waals surface area contributed by atoms with E-state index in [-0.39, 0.29) is 5.79 Å². The molecular formula is C32H53N3O3. The van der Waals surface area contributed by atoms with Gasteiger partial charge in [-0.05, 0) is 67.5 Å². The lowest BCUT2D eigenvalue weighted by molar-refractivity contribution is -0.169. The van der Waals surface area contributed by atoms with Gasteiger partial charge in [-0.15, -0.1) is 0 Å². The van der Waals surface area contributed by atoms with Crippen LogP contribution in [0, 0.1) is 11.3 Å². The quantitative estimate of drug-likeness (QED) is 0.415. The summed E-state index contributed by atoms with van der Waals surface area (Å²) in [5.41, 5.74) is 4.65. The first-order chi connectivity index (χ1) is 18.3. The number of methoxy groups -OCH3 is 1. The van der Waals surface area contributed by atoms with Gasteiger partial charge in [-0.1, -0.05) is 34.1 Å². The Hall–Kier alpha value is -1.50. The Morgan fingerprint density at radius 2 is 1.50 bits per heavy atom. The summed E-state index contributed by atoms with van der Waals surface area (Å²) in [4.78, 5) is 7.83. The van der Waals surface area contributed by atoms with Gasteiger partial charge in [0.05, 0.1) is 26.0 Å². The van der Waals surface area contributed by atoms with E-state index in [1.165, 1.54) is 56.4 Å². The van der Waals surface area contributed by atoms with Crippen LogP contribution in [0.5, 0.6) is 5.75 Å². The average Bonchev–Trinajstić information content (AvgIpc) is 3.39. The predicted molar refractivity (Wildman–Crippen MR) is 157 cm³/mol. The van der Waals surface area contributed by atoms with E-state index in [9.17, 15) is 0 Å². The number of nitrogens with zero attached hydrogens (tertiary/aromatic N) is 3. The van der Waals surface area contributed by atoms with E-state index >= 15 is 0 Å². The van der Waals surface area contributed by atoms with Gasteiger partial charge in [0.1, 0.15) is 5.75 Å². The van der Waals surface area contributed by atoms with Crippen LogP contribution in [0.4, 0.5) is 11.4 Å². The lowest BCUT2D eigenvalue weighted by atomic mass is 9.68. The highest BCUT2D eigenvalue weighted by atomic mass is 16.7. The second-order valence-corrected chi connectivity index (χ2v) is 13.3. The van der Waals surface area contributed by atoms with Crippen molar-refractivity contribution in [3.63, 3.8) is 0 Å². The van der Waals surface area contributed by atoms with E-state index in [2.05, 4.69) is 54.5 Å². The average molecular weight is 528 g/mol. The molecule has 0 atom stereocenters. The van der Waals surface area contributed by atoms with Crippen molar-refractivity contribution in [1.29, 1.82) is 0 Å². The number of piperidine rings is 1. The van der Waals surface area contributed by atoms with Crippen LogP contribution in [-0.4, -0.2) is 76.8 Å². The minimum atomic E-state index is -0.352. The molecule has 0 N–H and O–H groups in total. The fourth-order valence-electron chi connectivity index (χ4n) is 7.32. The van der Waals surface area contributed by atoms with Gasteiger partial charge in [0.2, 0.25) is 0 Å². The monoisotopic (exact) mass is 527 g/mol. The Morgan fingerprint density at radius 3 is 2.08 bits per heavy atom. The molecule has 3 heterocycles. The highest BCUT2D eigenvalue weighted by Gasteiger charge is 2.41. The third kappa shape index (κ3) is 6.13. The Bertz CT molecular complexity index is 897. The zero-order valence-electron chi connectivity index (χ0n) is 24.9. The van der Waals surface area contributed by atoms with Gasteiger partial charge in [0.15, 0.2) is 5.79 Å². The van der Waals surface area contributed by atoms with Gasteiger partial charge in [-0.25, -0.2) is 0 Å². The molecule has 1 aromatic carbocycles. The first-order valence-corrected chi connectivity index (χ1v) is 15.5. The van der Waals surface area contributed by atoms with E-state index in [4.69, 9.17) is 14.2 Å². The molecule has 6 heteroatoms. The number of hydrogen-bond donors (Lipinski definition) is 0. The van der Waals surface area contributed by atoms with Crippen molar-refractivity contribution in [1.82, 2.24) is 4.90 Å². The molecular weight excluding hydrogens is 474 g/mol. The van der Waals surface area contributed by atoms with Crippen molar-refractivity contribution in [2.75, 3.05) is 75.9 Å². The summed E-state index contributed by atoms with van der Waals surface area (Å²) in [6, 6.07) is 4.91. The number of anilines is 2. The standard InChI is InChI=1S/C32H53N3O3/c1-6-7-14-33-17-19-35(20-18-33)28-24-30(36-5)29(34-15-12-32(13-16-34)37-21-22-38-32)23-27(28)25-8-10-26(11-9-25)31(2,3)4/h23-26H,6-22H2,1-5H3. The fraction of sp³-hybridized carbons (Fsp3) is 0.812. The molecule has 0 aromatic heterocycles. The maximum atomic E-state index is 6.08. The van der Waals surface area contributed by atoms with Crippen molar-refractivity contribution in [2.24, 2.45) is 11.3 Å². The Kier molecular flexibility index (Phi) is 8.81. The molecule has 0 radical (unpaired) electrons. The summed E-state index contributed by atoms with van der Waals surface area (Å²) in [5.74, 6) is 2.12. The molecule has 38 heavy (non-hydrogen) atoms. The first kappa shape index (κ1) is 28.0. The van der Waals surface area contributed by atoms with Gasteiger partial charge >= 0.3 is 0 Å². The third-order valence-corrected chi connectivity index (χ3v) is 9.94. The van der Waals surface area contributed by atoms with Crippen LogP contribution in [-0.2, 0) is 9.47 Å². The van der Waals surface area contributed by atoms with E-state index in [1.807, 2.05) is 7.11 Å². The number of rotatable bonds is 7. The molecule has 5 rings (SSSR count). The molecule has 1 spiro atoms. The maximum Gasteiger partial charge on any atom is 0.171 e. The molecule has 4 aliphatic rings. The fourth-order valence-corrected chi connectivity index (χ4v) is 7.32. The van der Waals surface area contributed by atoms with Gasteiger partial charge in [0.25, 0.3) is 0 Å². The second kappa shape index (κ2) is 11.9. The van der Waals surface area contributed by atoms with Crippen molar-refractivity contribution in [2.45, 2.75) is 90.8 Å². The first-order valence-electron chi connectivity index (χ1n) is 15.5. The van der Waals surface area contributed by atoms with Crippen LogP contribution < -0.4 is 14.5 Å². The molecule has 3 saturated heterocycles. The molecule has 1 aliphatic carbocycles. The maximum absolute atomic E-state index is 6.08. The number of piperazine rings is 1. The van der Waals surface area contributed by atoms with E-state index in [0.29, 0.717) is 11.3 Å². The topological polar surface area (TPSA) is 37.4 Å². The van der Waals surface area contributed by atoms with Gasteiger partial charge in [-0.2, -0.15) is 0 Å². The molecule has 214 valence electrons. The summed E-state index contributed by atoms with van der Waals surface area (Å²) < 4.78 is 18.1. The summed E-state index contributed by atoms with van der Waals surface area (Å²) in [5, 5.41) is 0. The SMILES string of the molecule is CCCCN1CCN(c2cc(OC)c(N3CCC4(CC3)OCCO4)cc2C2CCC(C(C)(C)C)CC2)CC1. The van der Waals surface area contributed by atoms with E-state index in [0.717, 1.165) is 77.0 Å². The summed E-state index contributed by atoms with van der Waals surface area (Å²) in [7, 11) is 1.84. The molecule has 0 amide bonds. The van der Waals surface area contributed by atoms with Crippen molar-refractivity contribution >= 4 is 11.4 Å². The molecule has 0 unspecified atom stereocenters. The van der Waals surface area contributed by atoms with Crippen LogP contribution in [0.25, 0.3) is 0 Å². The molecule has 6 nitrogen and oxygen atoms in total. The third-order valence-electron chi connectivity index (χ3n) is 9.94. The minimum absolute atomic E-state index is 0.352. The number of unbranched alkanes of at least 4 members (excludes halogenated alkanes) is 1. The van der Waals surface area contributed by atoms with Crippen LogP contribution in [0.2, 0.25) is 0 Å². The highest BCUT2D eigenvalue weighted by molar-refractivity contribution is 5.71. The zero-order valence-corrected chi connectivity index (χ0v) is 24.9. The zero-order chi connectivity index (χ0) is 26.8. The van der Waals surface area contributed by atoms with Crippen molar-refractivity contribution in [3.8, 4) is 5.75 Å². The summed E-state index contributed by atoms with van der Waals surface area (Å²) in [6.45, 7) is 18.7. The summed E-state index contributed by atoms with van der Waals surface area (Å²) >= 11 is 0. The second-order valence-electron chi connectivity index (χ2n) is 13.3. The van der Waals surface area contributed by atoms with Crippen LogP contribution in [0.3, 0.4) is 0 Å². The lowest BCUT2D eigenvalue weighted by Gasteiger charge is -2.42. The van der Waals surface area contributed by atoms with Crippen LogP contribution in [0.1, 0.15) is 90.5 Å². The van der Waals surface area contributed by atoms with Crippen LogP contribution in [0.15, 0.2) is 12.1 Å². The molecule has 3 aliphatic heterocycles. The predicted octanol–water partition coefficient (Wildman–Crippen LogP) is 6.28. The normalized spacial score (nSPS) is 26.8. The minimum Gasteiger partial charge on any atom is -0.495 e. The molecule has 0 bridgehead atoms. The van der Waals surface area contributed by atoms with Crippen LogP contribution >= 0.6 is 0 Å². The molecule has 1 aromatic rings. The Labute approximate surface area is 232 Å². The van der Waals surface area contributed by atoms with Crippen molar-refractivity contribution < 1.29 is 14.2 Å². The Balaban J connectivity index is 1.39. The smallest absolute Gasteiger partial charge is 0.171 e. The highest BCUT2D eigenvalue weighted by Crippen LogP contribution is 2.48. The Morgan fingerprint density at radius 1 is 0.868 bits per heavy atom. The van der Waals surface area contributed by atoms with Crippen molar-refractivity contribution in [3.05, 3.63) is 17.7 Å². The van der Waals surface area contributed by atoms with E-state index < -0.39 is 0 Å².